The van der Waals surface area contributed by atoms with Gasteiger partial charge in [0, 0.05) is 25.5 Å². The molecule has 27 heavy (non-hydrogen) atoms. The van der Waals surface area contributed by atoms with Gasteiger partial charge in [-0.3, -0.25) is 18.7 Å². The van der Waals surface area contributed by atoms with Crippen molar-refractivity contribution in [1.82, 2.24) is 9.13 Å². The molecule has 0 fully saturated rings. The molecule has 8 nitrogen and oxygen atoms in total. The predicted octanol–water partition coefficient (Wildman–Crippen LogP) is 1.56. The average Bonchev–Trinajstić information content (AvgIpc) is 2.87. The van der Waals surface area contributed by atoms with Gasteiger partial charge in [-0.05, 0) is 30.3 Å². The summed E-state index contributed by atoms with van der Waals surface area (Å²) >= 11 is 0. The van der Waals surface area contributed by atoms with E-state index in [-0.39, 0.29) is 30.7 Å². The van der Waals surface area contributed by atoms with E-state index in [4.69, 9.17) is 4.74 Å². The average molecular weight is 368 g/mol. The molecule has 1 aromatic heterocycles. The molecule has 3 rings (SSSR count). The molecule has 0 saturated carbocycles. The zero-order valence-electron chi connectivity index (χ0n) is 15.1. The molecule has 0 unspecified atom stereocenters. The predicted molar refractivity (Wildman–Crippen MR) is 103 cm³/mol. The van der Waals surface area contributed by atoms with Gasteiger partial charge in [0.15, 0.2) is 0 Å². The second-order valence-corrected chi connectivity index (χ2v) is 6.03. The molecule has 0 aliphatic heterocycles. The minimum absolute atomic E-state index is 0.0550. The molecule has 0 saturated heterocycles. The van der Waals surface area contributed by atoms with Crippen molar-refractivity contribution in [1.29, 1.82) is 0 Å². The first-order chi connectivity index (χ1) is 13.0. The van der Waals surface area contributed by atoms with Crippen molar-refractivity contribution in [3.05, 3.63) is 59.0 Å². The van der Waals surface area contributed by atoms with Crippen LogP contribution in [0.25, 0.3) is 11.0 Å². The van der Waals surface area contributed by atoms with Crippen LogP contribution in [0.4, 0.5) is 11.4 Å². The van der Waals surface area contributed by atoms with Gasteiger partial charge in [-0.25, -0.2) is 4.79 Å². The van der Waals surface area contributed by atoms with Crippen molar-refractivity contribution in [3.63, 3.8) is 0 Å². The third-order valence-electron chi connectivity index (χ3n) is 4.06. The fourth-order valence-electron chi connectivity index (χ4n) is 2.86. The molecule has 3 aromatic rings. The van der Waals surface area contributed by atoms with Crippen LogP contribution in [-0.2, 0) is 27.9 Å². The van der Waals surface area contributed by atoms with Gasteiger partial charge in [0.2, 0.25) is 11.8 Å². The van der Waals surface area contributed by atoms with Crippen molar-refractivity contribution in [3.8, 4) is 0 Å². The number of rotatable bonds is 6. The molecule has 0 bridgehead atoms. The molecular weight excluding hydrogens is 348 g/mol. The molecule has 0 aliphatic carbocycles. The van der Waals surface area contributed by atoms with Crippen LogP contribution in [0.5, 0.6) is 0 Å². The van der Waals surface area contributed by atoms with E-state index in [1.54, 1.807) is 37.4 Å². The molecule has 0 spiro atoms. The quantitative estimate of drug-likeness (QED) is 0.690. The van der Waals surface area contributed by atoms with Gasteiger partial charge in [-0.15, -0.1) is 0 Å². The highest BCUT2D eigenvalue weighted by atomic mass is 16.5. The molecule has 0 atom stereocenters. The smallest absolute Gasteiger partial charge is 0.329 e. The first kappa shape index (κ1) is 18.4. The topological polar surface area (TPSA) is 94.4 Å². The zero-order valence-corrected chi connectivity index (χ0v) is 15.1. The molecule has 140 valence electrons. The van der Waals surface area contributed by atoms with Crippen molar-refractivity contribution >= 4 is 34.2 Å². The first-order valence-corrected chi connectivity index (χ1v) is 8.32. The Bertz CT molecular complexity index is 1050. The van der Waals surface area contributed by atoms with E-state index in [1.807, 2.05) is 18.2 Å². The third-order valence-corrected chi connectivity index (χ3v) is 4.06. The Hall–Kier alpha value is -3.39. The lowest BCUT2D eigenvalue weighted by Crippen LogP contribution is -2.28. The number of benzene rings is 2. The van der Waals surface area contributed by atoms with Gasteiger partial charge in [-0.1, -0.05) is 18.2 Å². The van der Waals surface area contributed by atoms with E-state index in [1.165, 1.54) is 16.2 Å². The molecule has 8 heteroatoms. The Morgan fingerprint density at radius 3 is 2.26 bits per heavy atom. The summed E-state index contributed by atoms with van der Waals surface area (Å²) in [4.78, 5) is 36.4. The number of aryl methyl sites for hydroxylation is 1. The molecule has 2 amide bonds. The second-order valence-electron chi connectivity index (χ2n) is 6.03. The van der Waals surface area contributed by atoms with Crippen LogP contribution >= 0.6 is 0 Å². The van der Waals surface area contributed by atoms with E-state index in [0.717, 1.165) is 5.52 Å². The van der Waals surface area contributed by atoms with Crippen molar-refractivity contribution < 1.29 is 14.3 Å². The number of para-hydroxylation sites is 2. The summed E-state index contributed by atoms with van der Waals surface area (Å²) in [6.07, 6.45) is 0. The highest BCUT2D eigenvalue weighted by Gasteiger charge is 2.13. The number of carbonyl (C=O) groups excluding carboxylic acids is 2. The molecule has 2 aromatic carbocycles. The van der Waals surface area contributed by atoms with Crippen LogP contribution in [0.2, 0.25) is 0 Å². The summed E-state index contributed by atoms with van der Waals surface area (Å²) in [6, 6.07) is 14.1. The standard InChI is InChI=1S/C19H20N4O4/c1-22-15-8-3-4-9-16(15)23(19(22)26)11-17(24)20-13-6-5-7-14(10-13)21-18(25)12-27-2/h3-10H,11-12H2,1-2H3,(H,20,24)(H,21,25). The maximum absolute atomic E-state index is 12.4. The Balaban J connectivity index is 1.75. The Labute approximate surface area is 155 Å². The largest absolute Gasteiger partial charge is 0.375 e. The van der Waals surface area contributed by atoms with Crippen LogP contribution < -0.4 is 16.3 Å². The lowest BCUT2D eigenvalue weighted by atomic mass is 10.2. The van der Waals surface area contributed by atoms with E-state index in [9.17, 15) is 14.4 Å². The number of nitrogens with zero attached hydrogens (tertiary/aromatic N) is 2. The van der Waals surface area contributed by atoms with Crippen molar-refractivity contribution in [2.75, 3.05) is 24.4 Å². The van der Waals surface area contributed by atoms with E-state index >= 15 is 0 Å². The van der Waals surface area contributed by atoms with Crippen LogP contribution in [0.15, 0.2) is 53.3 Å². The number of anilines is 2. The Morgan fingerprint density at radius 2 is 1.59 bits per heavy atom. The maximum atomic E-state index is 12.4. The SMILES string of the molecule is COCC(=O)Nc1cccc(NC(=O)Cn2c(=O)n(C)c3ccccc32)c1. The summed E-state index contributed by atoms with van der Waals surface area (Å²) in [6.45, 7) is -0.166. The highest BCUT2D eigenvalue weighted by molar-refractivity contribution is 5.94. The number of hydrogen-bond donors (Lipinski definition) is 2. The monoisotopic (exact) mass is 368 g/mol. The van der Waals surface area contributed by atoms with Gasteiger partial charge >= 0.3 is 5.69 Å². The molecule has 0 radical (unpaired) electrons. The van der Waals surface area contributed by atoms with Crippen LogP contribution in [0, 0.1) is 0 Å². The summed E-state index contributed by atoms with van der Waals surface area (Å²) in [5.74, 6) is -0.628. The Morgan fingerprint density at radius 1 is 0.963 bits per heavy atom. The zero-order chi connectivity index (χ0) is 19.4. The Kier molecular flexibility index (Phi) is 5.37. The lowest BCUT2D eigenvalue weighted by Gasteiger charge is -2.09. The van der Waals surface area contributed by atoms with Gasteiger partial charge in [0.1, 0.15) is 13.2 Å². The minimum atomic E-state index is -0.339. The fraction of sp³-hybridized carbons (Fsp3) is 0.211. The van der Waals surface area contributed by atoms with Crippen LogP contribution in [-0.4, -0.2) is 34.7 Å². The minimum Gasteiger partial charge on any atom is -0.375 e. The third kappa shape index (κ3) is 4.06. The fourth-order valence-corrected chi connectivity index (χ4v) is 2.86. The van der Waals surface area contributed by atoms with E-state index in [0.29, 0.717) is 16.9 Å². The van der Waals surface area contributed by atoms with Gasteiger partial charge < -0.3 is 15.4 Å². The van der Waals surface area contributed by atoms with Crippen LogP contribution in [0.3, 0.4) is 0 Å². The number of fused-ring (bicyclic) bond motifs is 1. The lowest BCUT2D eigenvalue weighted by molar-refractivity contribution is -0.119. The summed E-state index contributed by atoms with van der Waals surface area (Å²) in [5.41, 5.74) is 2.26. The summed E-state index contributed by atoms with van der Waals surface area (Å²) in [7, 11) is 3.11. The summed E-state index contributed by atoms with van der Waals surface area (Å²) < 4.78 is 7.70. The van der Waals surface area contributed by atoms with Gasteiger partial charge in [0.05, 0.1) is 11.0 Å². The van der Waals surface area contributed by atoms with Crippen molar-refractivity contribution in [2.45, 2.75) is 6.54 Å². The number of hydrogen-bond acceptors (Lipinski definition) is 4. The first-order valence-electron chi connectivity index (χ1n) is 8.32. The number of carbonyl (C=O) groups is 2. The van der Waals surface area contributed by atoms with Crippen molar-refractivity contribution in [2.24, 2.45) is 7.05 Å². The number of amides is 2. The molecule has 0 aliphatic rings. The van der Waals surface area contributed by atoms with E-state index < -0.39 is 0 Å². The number of ether oxygens (including phenoxy) is 1. The number of methoxy groups -OCH3 is 1. The molecular formula is C19H20N4O4. The molecule has 2 N–H and O–H groups in total. The number of nitrogens with one attached hydrogen (secondary N) is 2. The van der Waals surface area contributed by atoms with Crippen LogP contribution in [0.1, 0.15) is 0 Å². The normalized spacial score (nSPS) is 10.7. The highest BCUT2D eigenvalue weighted by Crippen LogP contribution is 2.16. The van der Waals surface area contributed by atoms with Gasteiger partial charge in [0.25, 0.3) is 0 Å². The number of aromatic nitrogens is 2. The second kappa shape index (κ2) is 7.88. The maximum Gasteiger partial charge on any atom is 0.329 e. The number of imidazole rings is 1. The summed E-state index contributed by atoms with van der Waals surface area (Å²) in [5, 5.41) is 5.42. The van der Waals surface area contributed by atoms with Gasteiger partial charge in [-0.2, -0.15) is 0 Å². The van der Waals surface area contributed by atoms with E-state index in [2.05, 4.69) is 10.6 Å². The molecule has 1 heterocycles.